The third-order valence-electron chi connectivity index (χ3n) is 2.15. The van der Waals surface area contributed by atoms with E-state index in [0.29, 0.717) is 0 Å². The average molecular weight is 159 g/mol. The maximum Gasteiger partial charge on any atom is 0.0373 e. The van der Waals surface area contributed by atoms with Crippen molar-refractivity contribution in [3.05, 3.63) is 36.4 Å². The van der Waals surface area contributed by atoms with Crippen LogP contribution in [0.15, 0.2) is 30.8 Å². The molecule has 1 aliphatic heterocycles. The summed E-state index contributed by atoms with van der Waals surface area (Å²) in [5.74, 6) is 0. The maximum absolute atomic E-state index is 3.93. The van der Waals surface area contributed by atoms with Gasteiger partial charge in [-0.1, -0.05) is 24.3 Å². The second kappa shape index (κ2) is 2.67. The van der Waals surface area contributed by atoms with Crippen molar-refractivity contribution < 1.29 is 0 Å². The van der Waals surface area contributed by atoms with Crippen molar-refractivity contribution in [2.24, 2.45) is 0 Å². The third kappa shape index (κ3) is 1.35. The molecular formula is C11H13N. The Balaban J connectivity index is 2.32. The molecule has 0 atom stereocenters. The summed E-state index contributed by atoms with van der Waals surface area (Å²) < 4.78 is 0. The van der Waals surface area contributed by atoms with E-state index < -0.39 is 0 Å². The van der Waals surface area contributed by atoms with Gasteiger partial charge in [-0.2, -0.15) is 0 Å². The zero-order chi connectivity index (χ0) is 8.55. The molecule has 0 radical (unpaired) electrons. The van der Waals surface area contributed by atoms with E-state index in [0.717, 1.165) is 5.57 Å². The van der Waals surface area contributed by atoms with Crippen LogP contribution in [-0.2, 0) is 0 Å². The fourth-order valence-corrected chi connectivity index (χ4v) is 1.28. The number of benzene rings is 1. The molecule has 1 nitrogen and oxygen atoms in total. The summed E-state index contributed by atoms with van der Waals surface area (Å²) >= 11 is 0. The number of anilines is 1. The van der Waals surface area contributed by atoms with Gasteiger partial charge in [0.1, 0.15) is 0 Å². The van der Waals surface area contributed by atoms with Gasteiger partial charge in [0.15, 0.2) is 0 Å². The van der Waals surface area contributed by atoms with Crippen molar-refractivity contribution in [3.8, 4) is 0 Å². The molecule has 1 fully saturated rings. The van der Waals surface area contributed by atoms with Crippen LogP contribution in [-0.4, -0.2) is 13.1 Å². The Kier molecular flexibility index (Phi) is 1.65. The highest BCUT2D eigenvalue weighted by Gasteiger charge is 2.17. The summed E-state index contributed by atoms with van der Waals surface area (Å²) in [7, 11) is 0. The molecule has 62 valence electrons. The van der Waals surface area contributed by atoms with Crippen molar-refractivity contribution >= 4 is 11.3 Å². The summed E-state index contributed by atoms with van der Waals surface area (Å²) in [4.78, 5) is 2.34. The van der Waals surface area contributed by atoms with Crippen molar-refractivity contribution in [2.75, 3.05) is 18.0 Å². The largest absolute Gasteiger partial charge is 0.368 e. The smallest absolute Gasteiger partial charge is 0.0373 e. The molecule has 1 heteroatoms. The van der Waals surface area contributed by atoms with Gasteiger partial charge in [0.2, 0.25) is 0 Å². The van der Waals surface area contributed by atoms with Crippen molar-refractivity contribution in [1.29, 1.82) is 0 Å². The lowest BCUT2D eigenvalue weighted by atomic mass is 10.1. The molecule has 0 N–H and O–H groups in total. The normalized spacial score (nSPS) is 14.6. The van der Waals surface area contributed by atoms with Gasteiger partial charge < -0.3 is 4.90 Å². The van der Waals surface area contributed by atoms with Crippen molar-refractivity contribution in [1.82, 2.24) is 0 Å². The van der Waals surface area contributed by atoms with Gasteiger partial charge in [-0.25, -0.2) is 0 Å². The van der Waals surface area contributed by atoms with E-state index in [1.165, 1.54) is 24.3 Å². The Labute approximate surface area is 73.3 Å². The summed E-state index contributed by atoms with van der Waals surface area (Å²) in [5, 5.41) is 0. The van der Waals surface area contributed by atoms with Gasteiger partial charge in [-0.05, 0) is 24.6 Å². The zero-order valence-electron chi connectivity index (χ0n) is 7.38. The molecule has 1 saturated heterocycles. The van der Waals surface area contributed by atoms with Crippen LogP contribution in [0.4, 0.5) is 5.69 Å². The van der Waals surface area contributed by atoms with Crippen molar-refractivity contribution in [2.45, 2.75) is 6.92 Å². The molecule has 0 saturated carbocycles. The highest BCUT2D eigenvalue weighted by molar-refractivity contribution is 5.66. The van der Waals surface area contributed by atoms with E-state index >= 15 is 0 Å². The van der Waals surface area contributed by atoms with Crippen molar-refractivity contribution in [3.63, 3.8) is 0 Å². The van der Waals surface area contributed by atoms with Crippen LogP contribution in [0.3, 0.4) is 0 Å². The molecule has 0 bridgehead atoms. The zero-order valence-corrected chi connectivity index (χ0v) is 7.38. The van der Waals surface area contributed by atoms with Crippen LogP contribution in [0, 0.1) is 0 Å². The molecule has 0 spiro atoms. The molecule has 0 aromatic heterocycles. The Bertz CT molecular complexity index is 311. The third-order valence-corrected chi connectivity index (χ3v) is 2.15. The molecule has 1 heterocycles. The Morgan fingerprint density at radius 2 is 2.17 bits per heavy atom. The highest BCUT2D eigenvalue weighted by atomic mass is 15.3. The first-order valence-corrected chi connectivity index (χ1v) is 4.28. The lowest BCUT2D eigenvalue weighted by Gasteiger charge is -2.05. The standard InChI is InChI=1S/C11H13N/c1-9(2)10-4-3-5-11(8-10)12-6-7-12/h3-5,8H,1,6-7H2,2H3. The monoisotopic (exact) mass is 159 g/mol. The van der Waals surface area contributed by atoms with Gasteiger partial charge in [-0.3, -0.25) is 0 Å². The van der Waals surface area contributed by atoms with E-state index in [9.17, 15) is 0 Å². The molecule has 1 aliphatic rings. The van der Waals surface area contributed by atoms with Crippen LogP contribution in [0.25, 0.3) is 5.57 Å². The fraction of sp³-hybridized carbons (Fsp3) is 0.273. The second-order valence-electron chi connectivity index (χ2n) is 3.32. The van der Waals surface area contributed by atoms with Crippen LogP contribution in [0.2, 0.25) is 0 Å². The first kappa shape index (κ1) is 7.41. The minimum Gasteiger partial charge on any atom is -0.368 e. The Hall–Kier alpha value is -1.24. The molecule has 0 amide bonds. The van der Waals surface area contributed by atoms with E-state index in [2.05, 4.69) is 35.7 Å². The average Bonchev–Trinajstić information content (AvgIpc) is 2.87. The predicted octanol–water partition coefficient (Wildman–Crippen LogP) is 2.54. The number of allylic oxidation sites excluding steroid dienone is 1. The Morgan fingerprint density at radius 3 is 2.75 bits per heavy atom. The van der Waals surface area contributed by atoms with Crippen LogP contribution >= 0.6 is 0 Å². The molecular weight excluding hydrogens is 146 g/mol. The fourth-order valence-electron chi connectivity index (χ4n) is 1.28. The summed E-state index contributed by atoms with van der Waals surface area (Å²) in [6.07, 6.45) is 0. The van der Waals surface area contributed by atoms with E-state index in [1.54, 1.807) is 0 Å². The van der Waals surface area contributed by atoms with Crippen LogP contribution in [0.5, 0.6) is 0 Å². The minimum atomic E-state index is 1.14. The molecule has 1 aromatic rings. The number of hydrogen-bond donors (Lipinski definition) is 0. The summed E-state index contributed by atoms with van der Waals surface area (Å²) in [6, 6.07) is 8.56. The van der Waals surface area contributed by atoms with E-state index in [4.69, 9.17) is 0 Å². The lowest BCUT2D eigenvalue weighted by Crippen LogP contribution is -1.90. The highest BCUT2D eigenvalue weighted by Crippen LogP contribution is 2.24. The first-order valence-electron chi connectivity index (χ1n) is 4.28. The molecule has 1 aromatic carbocycles. The van der Waals surface area contributed by atoms with Gasteiger partial charge >= 0.3 is 0 Å². The molecule has 2 rings (SSSR count). The topological polar surface area (TPSA) is 3.01 Å². The predicted molar refractivity (Wildman–Crippen MR) is 53.4 cm³/mol. The van der Waals surface area contributed by atoms with Gasteiger partial charge in [0.05, 0.1) is 0 Å². The Morgan fingerprint density at radius 1 is 1.42 bits per heavy atom. The summed E-state index contributed by atoms with van der Waals surface area (Å²) in [6.45, 7) is 8.39. The summed E-state index contributed by atoms with van der Waals surface area (Å²) in [5.41, 5.74) is 3.72. The lowest BCUT2D eigenvalue weighted by molar-refractivity contribution is 1.38. The van der Waals surface area contributed by atoms with Gasteiger partial charge in [-0.15, -0.1) is 0 Å². The molecule has 0 aliphatic carbocycles. The minimum absolute atomic E-state index is 1.14. The number of hydrogen-bond acceptors (Lipinski definition) is 1. The number of nitrogens with zero attached hydrogens (tertiary/aromatic N) is 1. The maximum atomic E-state index is 3.93. The SMILES string of the molecule is C=C(C)c1cccc(N2CC2)c1. The van der Waals surface area contributed by atoms with E-state index in [1.807, 2.05) is 6.92 Å². The second-order valence-corrected chi connectivity index (χ2v) is 3.32. The quantitative estimate of drug-likeness (QED) is 0.599. The van der Waals surface area contributed by atoms with Crippen LogP contribution < -0.4 is 4.90 Å². The van der Waals surface area contributed by atoms with Crippen LogP contribution in [0.1, 0.15) is 12.5 Å². The number of rotatable bonds is 2. The molecule has 12 heavy (non-hydrogen) atoms. The molecule has 0 unspecified atom stereocenters. The van der Waals surface area contributed by atoms with Gasteiger partial charge in [0.25, 0.3) is 0 Å². The van der Waals surface area contributed by atoms with E-state index in [-0.39, 0.29) is 0 Å². The van der Waals surface area contributed by atoms with Gasteiger partial charge in [0, 0.05) is 18.8 Å². The first-order chi connectivity index (χ1) is 5.77.